The van der Waals surface area contributed by atoms with Crippen molar-refractivity contribution in [3.8, 4) is 0 Å². The van der Waals surface area contributed by atoms with E-state index in [-0.39, 0.29) is 17.0 Å². The minimum Gasteiger partial charge on any atom is -0.477 e. The Morgan fingerprint density at radius 3 is 2.86 bits per heavy atom. The van der Waals surface area contributed by atoms with Crippen LogP contribution >= 0.6 is 23.5 Å². The van der Waals surface area contributed by atoms with Crippen molar-refractivity contribution in [2.45, 2.75) is 23.4 Å². The van der Waals surface area contributed by atoms with Crippen molar-refractivity contribution >= 4 is 40.3 Å². The molecule has 8 heteroatoms. The number of carbonyl (C=O) groups excluding carboxylic acids is 1. The number of hydrogen-bond acceptors (Lipinski definition) is 6. The first kappa shape index (κ1) is 15.4. The number of aliphatic hydroxyl groups is 1. The van der Waals surface area contributed by atoms with Crippen LogP contribution in [0.3, 0.4) is 0 Å². The molecule has 22 heavy (non-hydrogen) atoms. The second kappa shape index (κ2) is 5.60. The van der Waals surface area contributed by atoms with Crippen LogP contribution in [0.25, 0.3) is 4.91 Å². The fourth-order valence-corrected chi connectivity index (χ4v) is 4.95. The summed E-state index contributed by atoms with van der Waals surface area (Å²) in [6.45, 7) is 1.55. The summed E-state index contributed by atoms with van der Waals surface area (Å²) >= 11 is 2.73. The number of thioether (sulfide) groups is 2. The van der Waals surface area contributed by atoms with E-state index in [9.17, 15) is 19.8 Å². The second-order valence-corrected chi connectivity index (χ2v) is 6.95. The topological polar surface area (TPSA) is 90.7 Å². The van der Waals surface area contributed by atoms with Crippen LogP contribution in [0.4, 0.5) is 0 Å². The molecule has 1 aromatic rings. The van der Waals surface area contributed by atoms with E-state index in [2.05, 4.69) is 4.98 Å². The molecule has 2 aliphatic heterocycles. The monoisotopic (exact) mass is 338 g/mol. The zero-order chi connectivity index (χ0) is 16.0. The van der Waals surface area contributed by atoms with Gasteiger partial charge in [-0.2, -0.15) is 0 Å². The molecule has 0 aromatic carbocycles. The maximum atomic E-state index is 12.2. The SMILES string of the molecule is CSc1ncccc1C1=C(C(=O)O)N2C(=O)[C@H]([C@@H](C)O)[C@H]2S1. The first-order valence-electron chi connectivity index (χ1n) is 6.62. The Balaban J connectivity index is 2.08. The van der Waals surface area contributed by atoms with Crippen LogP contribution in [-0.2, 0) is 9.59 Å². The van der Waals surface area contributed by atoms with Gasteiger partial charge in [-0.15, -0.1) is 11.8 Å². The normalized spacial score (nSPS) is 25.0. The van der Waals surface area contributed by atoms with E-state index in [1.54, 1.807) is 25.3 Å². The lowest BCUT2D eigenvalue weighted by Gasteiger charge is -2.43. The minimum atomic E-state index is -1.14. The van der Waals surface area contributed by atoms with Crippen LogP contribution < -0.4 is 0 Å². The first-order valence-corrected chi connectivity index (χ1v) is 8.72. The van der Waals surface area contributed by atoms with Gasteiger partial charge < -0.3 is 10.2 Å². The number of pyridine rings is 1. The lowest BCUT2D eigenvalue weighted by molar-refractivity contribution is -0.156. The van der Waals surface area contributed by atoms with Gasteiger partial charge in [-0.25, -0.2) is 9.78 Å². The van der Waals surface area contributed by atoms with Gasteiger partial charge >= 0.3 is 5.97 Å². The van der Waals surface area contributed by atoms with Gasteiger partial charge in [0.2, 0.25) is 5.91 Å². The Morgan fingerprint density at radius 1 is 1.55 bits per heavy atom. The zero-order valence-electron chi connectivity index (χ0n) is 11.9. The smallest absolute Gasteiger partial charge is 0.353 e. The van der Waals surface area contributed by atoms with Crippen molar-refractivity contribution in [2.75, 3.05) is 6.26 Å². The summed E-state index contributed by atoms with van der Waals surface area (Å²) in [6, 6.07) is 3.55. The summed E-state index contributed by atoms with van der Waals surface area (Å²) in [5.74, 6) is -2.04. The maximum Gasteiger partial charge on any atom is 0.353 e. The van der Waals surface area contributed by atoms with Gasteiger partial charge in [0, 0.05) is 11.8 Å². The highest BCUT2D eigenvalue weighted by atomic mass is 32.2. The highest BCUT2D eigenvalue weighted by molar-refractivity contribution is 8.09. The molecule has 0 spiro atoms. The molecule has 0 aliphatic carbocycles. The Bertz CT molecular complexity index is 689. The highest BCUT2D eigenvalue weighted by Crippen LogP contribution is 2.54. The van der Waals surface area contributed by atoms with Crippen LogP contribution in [0.2, 0.25) is 0 Å². The van der Waals surface area contributed by atoms with Gasteiger partial charge in [0.15, 0.2) is 0 Å². The van der Waals surface area contributed by atoms with E-state index in [4.69, 9.17) is 0 Å². The number of rotatable bonds is 4. The molecule has 3 atom stereocenters. The molecule has 0 bridgehead atoms. The Kier molecular flexibility index (Phi) is 3.92. The van der Waals surface area contributed by atoms with Crippen LogP contribution in [0.1, 0.15) is 12.5 Å². The number of aromatic nitrogens is 1. The molecular formula is C14H14N2O4S2. The summed E-state index contributed by atoms with van der Waals surface area (Å²) in [5.41, 5.74) is 0.698. The molecule has 0 radical (unpaired) electrons. The van der Waals surface area contributed by atoms with E-state index in [0.717, 1.165) is 0 Å². The summed E-state index contributed by atoms with van der Waals surface area (Å²) in [7, 11) is 0. The lowest BCUT2D eigenvalue weighted by atomic mass is 9.92. The fourth-order valence-electron chi connectivity index (χ4n) is 2.70. The molecule has 1 fully saturated rings. The molecule has 1 aromatic heterocycles. The summed E-state index contributed by atoms with van der Waals surface area (Å²) < 4.78 is 0. The quantitative estimate of drug-likeness (QED) is 0.634. The van der Waals surface area contributed by atoms with Crippen LogP contribution in [0.5, 0.6) is 0 Å². The van der Waals surface area contributed by atoms with Crippen molar-refractivity contribution in [1.82, 2.24) is 9.88 Å². The fraction of sp³-hybridized carbons (Fsp3) is 0.357. The molecule has 1 saturated heterocycles. The van der Waals surface area contributed by atoms with Gasteiger partial charge in [0.1, 0.15) is 16.1 Å². The third kappa shape index (κ3) is 2.13. The summed E-state index contributed by atoms with van der Waals surface area (Å²) in [4.78, 5) is 29.9. The molecule has 3 heterocycles. The van der Waals surface area contributed by atoms with E-state index in [1.165, 1.54) is 28.4 Å². The van der Waals surface area contributed by atoms with E-state index in [1.807, 2.05) is 6.26 Å². The molecule has 1 amide bonds. The Labute approximate surface area is 135 Å². The molecule has 6 nitrogen and oxygen atoms in total. The van der Waals surface area contributed by atoms with Crippen molar-refractivity contribution < 1.29 is 19.8 Å². The predicted octanol–water partition coefficient (Wildman–Crippen LogP) is 1.47. The number of β-lactam (4-membered cyclic amide) rings is 1. The molecule has 0 unspecified atom stereocenters. The van der Waals surface area contributed by atoms with Gasteiger partial charge in [-0.1, -0.05) is 11.8 Å². The largest absolute Gasteiger partial charge is 0.477 e. The highest BCUT2D eigenvalue weighted by Gasteiger charge is 2.57. The summed E-state index contributed by atoms with van der Waals surface area (Å²) in [6.07, 6.45) is 2.71. The molecule has 2 N–H and O–H groups in total. The second-order valence-electron chi connectivity index (χ2n) is 5.03. The third-order valence-corrected chi connectivity index (χ3v) is 5.82. The maximum absolute atomic E-state index is 12.2. The summed E-state index contributed by atoms with van der Waals surface area (Å²) in [5, 5.41) is 19.6. The standard InChI is InChI=1S/C14H14N2O4S2/c1-6(17)8-12(18)16-9(14(19)20)10(22-13(8)16)7-4-3-5-15-11(7)21-2/h3-6,8,13,17H,1-2H3,(H,19,20)/t6-,8+,13-/m1/s1. The zero-order valence-corrected chi connectivity index (χ0v) is 13.5. The average Bonchev–Trinajstić information content (AvgIpc) is 2.81. The van der Waals surface area contributed by atoms with Gasteiger partial charge in [0.05, 0.1) is 16.9 Å². The lowest BCUT2D eigenvalue weighted by Crippen LogP contribution is -2.60. The van der Waals surface area contributed by atoms with Crippen LogP contribution in [-0.4, -0.2) is 49.7 Å². The van der Waals surface area contributed by atoms with Gasteiger partial charge in [-0.05, 0) is 25.3 Å². The molecule has 2 aliphatic rings. The van der Waals surface area contributed by atoms with Gasteiger partial charge in [-0.3, -0.25) is 9.69 Å². The average molecular weight is 338 g/mol. The molecule has 116 valence electrons. The number of amides is 1. The predicted molar refractivity (Wildman–Crippen MR) is 84.0 cm³/mol. The van der Waals surface area contributed by atoms with E-state index < -0.39 is 18.0 Å². The number of carboxylic acids is 1. The van der Waals surface area contributed by atoms with Crippen molar-refractivity contribution in [1.29, 1.82) is 0 Å². The Morgan fingerprint density at radius 2 is 2.27 bits per heavy atom. The number of aliphatic hydroxyl groups excluding tert-OH is 1. The minimum absolute atomic E-state index is 0.0137. The third-order valence-electron chi connectivity index (χ3n) is 3.71. The molecule has 3 rings (SSSR count). The number of nitrogens with zero attached hydrogens (tertiary/aromatic N) is 2. The number of carboxylic acid groups (broad SMARTS) is 1. The van der Waals surface area contributed by atoms with Crippen LogP contribution in [0, 0.1) is 5.92 Å². The van der Waals surface area contributed by atoms with Gasteiger partial charge in [0.25, 0.3) is 0 Å². The number of fused-ring (bicyclic) bond motifs is 1. The van der Waals surface area contributed by atoms with Crippen LogP contribution in [0.15, 0.2) is 29.1 Å². The van der Waals surface area contributed by atoms with E-state index in [0.29, 0.717) is 15.5 Å². The molecular weight excluding hydrogens is 324 g/mol. The number of carbonyl (C=O) groups is 2. The first-order chi connectivity index (χ1) is 10.5. The van der Waals surface area contributed by atoms with Crippen molar-refractivity contribution in [3.63, 3.8) is 0 Å². The van der Waals surface area contributed by atoms with Crippen molar-refractivity contribution in [3.05, 3.63) is 29.6 Å². The van der Waals surface area contributed by atoms with E-state index >= 15 is 0 Å². The molecule has 0 saturated carbocycles. The Hall–Kier alpha value is -1.51. The number of hydrogen-bond donors (Lipinski definition) is 2. The van der Waals surface area contributed by atoms with Crippen molar-refractivity contribution in [2.24, 2.45) is 5.92 Å². The number of aliphatic carboxylic acids is 1.